The lowest BCUT2D eigenvalue weighted by Gasteiger charge is -2.18. The number of allylic oxidation sites excluding steroid dienone is 4. The van der Waals surface area contributed by atoms with Gasteiger partial charge in [0.25, 0.3) is 0 Å². The second-order valence-corrected chi connectivity index (χ2v) is 13.2. The molecule has 1 atom stereocenters. The summed E-state index contributed by atoms with van der Waals surface area (Å²) in [4.78, 5) is 54.4. The Kier molecular flexibility index (Phi) is 27.5. The summed E-state index contributed by atoms with van der Waals surface area (Å²) in [5, 5.41) is 0. The average Bonchev–Trinajstić information content (AvgIpc) is 2.96. The number of unbranched alkanes of at least 4 members (excludes halogenated alkanes) is 13. The van der Waals surface area contributed by atoms with E-state index in [9.17, 15) is 18.9 Å². The molecule has 0 amide bonds. The van der Waals surface area contributed by atoms with Crippen molar-refractivity contribution in [1.82, 2.24) is 0 Å². The fourth-order valence-corrected chi connectivity index (χ4v) is 4.90. The number of esters is 2. The Bertz CT molecular complexity index is 848. The molecule has 0 radical (unpaired) electrons. The SMILES string of the molecule is CCCCC/C=C\C=C\C(=O)CCCCCCCC(=O)OC[C@H](COP(=O)(O)O)OC(=O)CCCCCCCCCC(C)C. The van der Waals surface area contributed by atoms with Gasteiger partial charge in [0.1, 0.15) is 6.61 Å². The van der Waals surface area contributed by atoms with Gasteiger partial charge in [-0.05, 0) is 44.1 Å². The highest BCUT2D eigenvalue weighted by atomic mass is 31.2. The Morgan fingerprint density at radius 3 is 1.86 bits per heavy atom. The highest BCUT2D eigenvalue weighted by Crippen LogP contribution is 2.36. The van der Waals surface area contributed by atoms with Crippen molar-refractivity contribution in [1.29, 1.82) is 0 Å². The third kappa shape index (κ3) is 31.6. The largest absolute Gasteiger partial charge is 0.469 e. The molecule has 0 spiro atoms. The molecule has 0 aliphatic rings. The third-order valence-electron chi connectivity index (χ3n) is 7.13. The van der Waals surface area contributed by atoms with Crippen LogP contribution in [0.15, 0.2) is 24.3 Å². The van der Waals surface area contributed by atoms with Gasteiger partial charge in [-0.25, -0.2) is 4.57 Å². The van der Waals surface area contributed by atoms with Crippen molar-refractivity contribution in [3.05, 3.63) is 24.3 Å². The van der Waals surface area contributed by atoms with Crippen LogP contribution in [0.3, 0.4) is 0 Å². The molecular formula is C34H61O9P. The van der Waals surface area contributed by atoms with Crippen molar-refractivity contribution in [2.45, 2.75) is 155 Å². The van der Waals surface area contributed by atoms with Crippen molar-refractivity contribution in [3.63, 3.8) is 0 Å². The van der Waals surface area contributed by atoms with Crippen LogP contribution in [0.2, 0.25) is 0 Å². The number of phosphoric acid groups is 1. The Labute approximate surface area is 266 Å². The van der Waals surface area contributed by atoms with Crippen molar-refractivity contribution in [2.75, 3.05) is 13.2 Å². The van der Waals surface area contributed by atoms with E-state index in [2.05, 4.69) is 31.4 Å². The van der Waals surface area contributed by atoms with E-state index >= 15 is 0 Å². The average molecular weight is 645 g/mol. The molecule has 0 unspecified atom stereocenters. The van der Waals surface area contributed by atoms with Gasteiger partial charge in [-0.2, -0.15) is 0 Å². The van der Waals surface area contributed by atoms with Crippen LogP contribution in [0, 0.1) is 5.92 Å². The first kappa shape index (κ1) is 42.2. The molecule has 0 aliphatic heterocycles. The lowest BCUT2D eigenvalue weighted by Crippen LogP contribution is -2.29. The summed E-state index contributed by atoms with van der Waals surface area (Å²) in [7, 11) is -4.77. The number of carbonyl (C=O) groups excluding carboxylic acids is 3. The van der Waals surface area contributed by atoms with Crippen LogP contribution in [0.25, 0.3) is 0 Å². The highest BCUT2D eigenvalue weighted by Gasteiger charge is 2.22. The molecule has 0 bridgehead atoms. The molecule has 0 fully saturated rings. The molecule has 0 heterocycles. The number of ether oxygens (including phenoxy) is 2. The molecule has 0 aliphatic carbocycles. The summed E-state index contributed by atoms with van der Waals surface area (Å²) in [5.41, 5.74) is 0. The first-order chi connectivity index (χ1) is 21.0. The van der Waals surface area contributed by atoms with E-state index in [0.29, 0.717) is 19.3 Å². The smallest absolute Gasteiger partial charge is 0.462 e. The van der Waals surface area contributed by atoms with Gasteiger partial charge in [-0.15, -0.1) is 0 Å². The van der Waals surface area contributed by atoms with E-state index in [1.54, 1.807) is 6.08 Å². The topological polar surface area (TPSA) is 136 Å². The molecule has 0 rings (SSSR count). The van der Waals surface area contributed by atoms with Gasteiger partial charge >= 0.3 is 19.8 Å². The van der Waals surface area contributed by atoms with E-state index in [1.807, 2.05) is 12.2 Å². The van der Waals surface area contributed by atoms with Crippen LogP contribution in [-0.4, -0.2) is 46.8 Å². The summed E-state index contributed by atoms with van der Waals surface area (Å²) in [6.07, 6.45) is 24.6. The van der Waals surface area contributed by atoms with E-state index in [-0.39, 0.29) is 25.2 Å². The lowest BCUT2D eigenvalue weighted by atomic mass is 10.0. The van der Waals surface area contributed by atoms with Gasteiger partial charge in [-0.3, -0.25) is 18.9 Å². The molecule has 0 saturated carbocycles. The van der Waals surface area contributed by atoms with Crippen LogP contribution < -0.4 is 0 Å². The molecular weight excluding hydrogens is 583 g/mol. The minimum Gasteiger partial charge on any atom is -0.462 e. The van der Waals surface area contributed by atoms with Crippen LogP contribution >= 0.6 is 7.82 Å². The molecule has 2 N–H and O–H groups in total. The lowest BCUT2D eigenvalue weighted by molar-refractivity contribution is -0.161. The van der Waals surface area contributed by atoms with Gasteiger partial charge in [0.15, 0.2) is 11.9 Å². The summed E-state index contributed by atoms with van der Waals surface area (Å²) in [5.74, 6) is -0.123. The van der Waals surface area contributed by atoms with Crippen LogP contribution in [0.5, 0.6) is 0 Å². The van der Waals surface area contributed by atoms with Gasteiger partial charge < -0.3 is 19.3 Å². The Morgan fingerprint density at radius 1 is 0.705 bits per heavy atom. The summed E-state index contributed by atoms with van der Waals surface area (Å²) < 4.78 is 26.1. The van der Waals surface area contributed by atoms with Crippen LogP contribution in [0.4, 0.5) is 0 Å². The fraction of sp³-hybridized carbons (Fsp3) is 0.794. The molecule has 0 aromatic heterocycles. The predicted molar refractivity (Wildman–Crippen MR) is 175 cm³/mol. The standard InChI is InChI=1S/C34H61O9P/c1-4-5-6-7-9-14-19-24-31(35)25-20-15-12-17-21-26-33(36)41-28-32(29-42-44(38,39)40)43-34(37)27-22-16-11-8-10-13-18-23-30(2)3/h9,14,19,24,30,32H,4-8,10-13,15-18,20-23,25-29H2,1-3H3,(H2,38,39,40)/b14-9-,24-19+/t32-/m1/s1. The van der Waals surface area contributed by atoms with Gasteiger partial charge in [0.05, 0.1) is 6.61 Å². The number of ketones is 1. The summed E-state index contributed by atoms with van der Waals surface area (Å²) in [6.45, 7) is 5.75. The molecule has 0 aromatic carbocycles. The van der Waals surface area contributed by atoms with E-state index in [1.165, 1.54) is 44.9 Å². The van der Waals surface area contributed by atoms with Crippen molar-refractivity contribution >= 4 is 25.5 Å². The molecule has 0 saturated heterocycles. The number of rotatable bonds is 30. The molecule has 256 valence electrons. The predicted octanol–water partition coefficient (Wildman–Crippen LogP) is 8.71. The zero-order chi connectivity index (χ0) is 32.9. The monoisotopic (exact) mass is 644 g/mol. The second-order valence-electron chi connectivity index (χ2n) is 12.0. The number of phosphoric ester groups is 1. The zero-order valence-electron chi connectivity index (χ0n) is 27.7. The highest BCUT2D eigenvalue weighted by molar-refractivity contribution is 7.46. The minimum atomic E-state index is -4.77. The second kappa shape index (κ2) is 28.7. The maximum absolute atomic E-state index is 12.3. The summed E-state index contributed by atoms with van der Waals surface area (Å²) in [6, 6.07) is 0. The quantitative estimate of drug-likeness (QED) is 0.0259. The molecule has 0 aromatic rings. The molecule has 9 nitrogen and oxygen atoms in total. The number of hydrogen-bond acceptors (Lipinski definition) is 7. The minimum absolute atomic E-state index is 0.118. The van der Waals surface area contributed by atoms with Gasteiger partial charge in [0, 0.05) is 19.3 Å². The maximum atomic E-state index is 12.3. The Hall–Kier alpha value is -1.80. The zero-order valence-corrected chi connectivity index (χ0v) is 28.6. The fourth-order valence-electron chi connectivity index (χ4n) is 4.54. The summed E-state index contributed by atoms with van der Waals surface area (Å²) >= 11 is 0. The van der Waals surface area contributed by atoms with E-state index < -0.39 is 32.5 Å². The third-order valence-corrected chi connectivity index (χ3v) is 7.61. The molecule has 44 heavy (non-hydrogen) atoms. The first-order valence-electron chi connectivity index (χ1n) is 16.9. The van der Waals surface area contributed by atoms with Crippen LogP contribution in [-0.2, 0) is 32.9 Å². The van der Waals surface area contributed by atoms with Gasteiger partial charge in [-0.1, -0.05) is 116 Å². The van der Waals surface area contributed by atoms with Crippen molar-refractivity contribution in [2.24, 2.45) is 5.92 Å². The Balaban J connectivity index is 4.10. The first-order valence-corrected chi connectivity index (χ1v) is 18.5. The van der Waals surface area contributed by atoms with Gasteiger partial charge in [0.2, 0.25) is 0 Å². The molecule has 10 heteroatoms. The van der Waals surface area contributed by atoms with Crippen molar-refractivity contribution in [3.8, 4) is 0 Å². The van der Waals surface area contributed by atoms with E-state index in [4.69, 9.17) is 19.3 Å². The number of hydrogen-bond donors (Lipinski definition) is 2. The number of carbonyl (C=O) groups is 3. The maximum Gasteiger partial charge on any atom is 0.469 e. The Morgan fingerprint density at radius 2 is 1.27 bits per heavy atom. The van der Waals surface area contributed by atoms with Crippen LogP contribution in [0.1, 0.15) is 149 Å². The normalized spacial score (nSPS) is 12.8. The van der Waals surface area contributed by atoms with Crippen molar-refractivity contribution < 1.29 is 42.7 Å². The van der Waals surface area contributed by atoms with E-state index in [0.717, 1.165) is 57.3 Å².